The van der Waals surface area contributed by atoms with E-state index >= 15 is 0 Å². The zero-order valence-corrected chi connectivity index (χ0v) is 23.3. The van der Waals surface area contributed by atoms with Gasteiger partial charge < -0.3 is 29.4 Å². The first-order valence-electron chi connectivity index (χ1n) is 12.3. The second-order valence-corrected chi connectivity index (χ2v) is 10.4. The van der Waals surface area contributed by atoms with Crippen LogP contribution in [0.25, 0.3) is 0 Å². The van der Waals surface area contributed by atoms with Gasteiger partial charge in [-0.3, -0.25) is 9.78 Å². The van der Waals surface area contributed by atoms with Crippen molar-refractivity contribution in [2.24, 2.45) is 0 Å². The molecule has 10 heteroatoms. The minimum absolute atomic E-state index is 0.0741. The molecule has 0 unspecified atom stereocenters. The minimum Gasteiger partial charge on any atom is -0.495 e. The number of amides is 1. The Morgan fingerprint density at radius 1 is 1.13 bits per heavy atom. The first-order chi connectivity index (χ1) is 19.0. The van der Waals surface area contributed by atoms with Gasteiger partial charge in [0.15, 0.2) is 10.2 Å². The Balaban J connectivity index is 1.52. The number of ether oxygens (including phenoxy) is 2. The average molecular weight is 561 g/mol. The lowest BCUT2D eigenvalue weighted by Crippen LogP contribution is -2.29. The SMILES string of the molecule is COCC(=O)Nc1cc(N2C(=S)N[C@@H](c3ccccn3)[C@@H]2c2ccc(Sc3ccc(C)cc3)o2)ccc1OC. The summed E-state index contributed by atoms with van der Waals surface area (Å²) >= 11 is 7.40. The first-order valence-corrected chi connectivity index (χ1v) is 13.5. The van der Waals surface area contributed by atoms with Gasteiger partial charge in [0, 0.05) is 23.9 Å². The maximum Gasteiger partial charge on any atom is 0.250 e. The minimum atomic E-state index is -0.337. The van der Waals surface area contributed by atoms with Crippen LogP contribution in [0.1, 0.15) is 29.1 Å². The van der Waals surface area contributed by atoms with Crippen LogP contribution in [-0.2, 0) is 9.53 Å². The Hall–Kier alpha value is -3.86. The molecule has 8 nitrogen and oxygen atoms in total. The second-order valence-electron chi connectivity index (χ2n) is 8.93. The van der Waals surface area contributed by atoms with Crippen molar-refractivity contribution in [1.82, 2.24) is 10.3 Å². The average Bonchev–Trinajstić information content (AvgIpc) is 3.54. The van der Waals surface area contributed by atoms with Crippen LogP contribution in [0.3, 0.4) is 0 Å². The molecule has 0 saturated carbocycles. The maximum absolute atomic E-state index is 12.3. The monoisotopic (exact) mass is 560 g/mol. The molecular weight excluding hydrogens is 532 g/mol. The number of rotatable bonds is 9. The molecule has 2 aromatic carbocycles. The van der Waals surface area contributed by atoms with E-state index in [1.807, 2.05) is 47.4 Å². The summed E-state index contributed by atoms with van der Waals surface area (Å²) in [7, 11) is 3.03. The van der Waals surface area contributed by atoms with E-state index < -0.39 is 0 Å². The van der Waals surface area contributed by atoms with Gasteiger partial charge in [0.1, 0.15) is 24.2 Å². The van der Waals surface area contributed by atoms with Crippen molar-refractivity contribution in [2.75, 3.05) is 31.0 Å². The Bertz CT molecular complexity index is 1460. The van der Waals surface area contributed by atoms with Crippen molar-refractivity contribution >= 4 is 46.4 Å². The van der Waals surface area contributed by atoms with Crippen LogP contribution >= 0.6 is 24.0 Å². The summed E-state index contributed by atoms with van der Waals surface area (Å²) in [5, 5.41) is 7.57. The third-order valence-electron chi connectivity index (χ3n) is 6.24. The molecule has 3 heterocycles. The van der Waals surface area contributed by atoms with Crippen LogP contribution in [0.15, 0.2) is 93.4 Å². The zero-order chi connectivity index (χ0) is 27.4. The lowest BCUT2D eigenvalue weighted by atomic mass is 10.0. The first kappa shape index (κ1) is 26.7. The molecule has 0 bridgehead atoms. The van der Waals surface area contributed by atoms with Gasteiger partial charge in [0.25, 0.3) is 0 Å². The molecule has 1 aliphatic heterocycles. The fourth-order valence-corrected chi connectivity index (χ4v) is 5.58. The van der Waals surface area contributed by atoms with E-state index in [0.29, 0.717) is 16.5 Å². The summed E-state index contributed by atoms with van der Waals surface area (Å²) in [5.74, 6) is 0.962. The standard InChI is InChI=1S/C29H28N4O4S2/c1-18-7-10-20(11-8-18)39-26-14-13-24(37-26)28-27(21-6-4-5-15-30-21)32-29(38)33(28)19-9-12-23(36-3)22(16-19)31-25(34)17-35-2/h4-16,27-28H,17H2,1-3H3,(H,31,34)(H,32,38)/t27-,28-/m0/s1. The van der Waals surface area contributed by atoms with E-state index in [1.54, 1.807) is 31.1 Å². The van der Waals surface area contributed by atoms with Gasteiger partial charge in [-0.25, -0.2) is 0 Å². The quantitative estimate of drug-likeness (QED) is 0.243. The number of pyridine rings is 1. The van der Waals surface area contributed by atoms with Gasteiger partial charge in [-0.05, 0) is 73.7 Å². The highest BCUT2D eigenvalue weighted by molar-refractivity contribution is 7.99. The fourth-order valence-electron chi connectivity index (χ4n) is 4.45. The molecule has 1 amide bonds. The van der Waals surface area contributed by atoms with Crippen molar-refractivity contribution in [3.8, 4) is 5.75 Å². The van der Waals surface area contributed by atoms with E-state index in [2.05, 4.69) is 46.8 Å². The molecule has 4 aromatic rings. The molecule has 200 valence electrons. The highest BCUT2D eigenvalue weighted by Gasteiger charge is 2.42. The molecule has 0 spiro atoms. The predicted octanol–water partition coefficient (Wildman–Crippen LogP) is 5.90. The van der Waals surface area contributed by atoms with E-state index in [1.165, 1.54) is 12.7 Å². The van der Waals surface area contributed by atoms with Crippen LogP contribution in [0, 0.1) is 6.92 Å². The number of hydrogen-bond acceptors (Lipinski definition) is 7. The van der Waals surface area contributed by atoms with E-state index in [4.69, 9.17) is 26.1 Å². The number of carbonyl (C=O) groups excluding carboxylic acids is 1. The van der Waals surface area contributed by atoms with Crippen molar-refractivity contribution < 1.29 is 18.7 Å². The van der Waals surface area contributed by atoms with Gasteiger partial charge in [0.05, 0.1) is 24.5 Å². The number of hydrogen-bond donors (Lipinski definition) is 2. The second kappa shape index (κ2) is 11.9. The number of benzene rings is 2. The number of methoxy groups -OCH3 is 2. The van der Waals surface area contributed by atoms with Crippen LogP contribution in [0.5, 0.6) is 5.75 Å². The Morgan fingerprint density at radius 2 is 1.95 bits per heavy atom. The van der Waals surface area contributed by atoms with Gasteiger partial charge in [0.2, 0.25) is 5.91 Å². The van der Waals surface area contributed by atoms with Crippen LogP contribution in [0.4, 0.5) is 11.4 Å². The molecule has 2 aromatic heterocycles. The number of aryl methyl sites for hydroxylation is 1. The highest BCUT2D eigenvalue weighted by Crippen LogP contribution is 2.44. The summed E-state index contributed by atoms with van der Waals surface area (Å²) in [5.41, 5.74) is 3.30. The summed E-state index contributed by atoms with van der Waals surface area (Å²) in [4.78, 5) is 20.0. The number of anilines is 2. The van der Waals surface area contributed by atoms with Crippen LogP contribution < -0.4 is 20.3 Å². The maximum atomic E-state index is 12.3. The molecule has 5 rings (SSSR count). The van der Waals surface area contributed by atoms with Crippen LogP contribution in [-0.4, -0.2) is 36.8 Å². The molecule has 0 radical (unpaired) electrons. The van der Waals surface area contributed by atoms with E-state index in [-0.39, 0.29) is 24.6 Å². The highest BCUT2D eigenvalue weighted by atomic mass is 32.2. The number of carbonyl (C=O) groups is 1. The zero-order valence-electron chi connectivity index (χ0n) is 21.7. The number of aromatic nitrogens is 1. The lowest BCUT2D eigenvalue weighted by molar-refractivity contribution is -0.119. The Labute approximate surface area is 236 Å². The molecule has 39 heavy (non-hydrogen) atoms. The summed E-state index contributed by atoms with van der Waals surface area (Å²) in [6.45, 7) is 1.99. The van der Waals surface area contributed by atoms with Crippen LogP contribution in [0.2, 0.25) is 0 Å². The Morgan fingerprint density at radius 3 is 2.67 bits per heavy atom. The number of nitrogens with zero attached hydrogens (tertiary/aromatic N) is 2. The number of nitrogens with one attached hydrogen (secondary N) is 2. The largest absolute Gasteiger partial charge is 0.495 e. The lowest BCUT2D eigenvalue weighted by Gasteiger charge is -2.27. The number of furan rings is 1. The molecular formula is C29H28N4O4S2. The fraction of sp³-hybridized carbons (Fsp3) is 0.207. The van der Waals surface area contributed by atoms with E-state index in [0.717, 1.165) is 27.1 Å². The van der Waals surface area contributed by atoms with E-state index in [9.17, 15) is 4.79 Å². The number of thiocarbonyl (C=S) groups is 1. The molecule has 1 saturated heterocycles. The van der Waals surface area contributed by atoms with Crippen molar-refractivity contribution in [3.63, 3.8) is 0 Å². The third-order valence-corrected chi connectivity index (χ3v) is 7.48. The normalized spacial score (nSPS) is 16.7. The molecule has 1 aliphatic rings. The summed E-state index contributed by atoms with van der Waals surface area (Å²) < 4.78 is 16.9. The topological polar surface area (TPSA) is 88.9 Å². The molecule has 1 fully saturated rings. The van der Waals surface area contributed by atoms with Gasteiger partial charge in [-0.15, -0.1) is 0 Å². The third kappa shape index (κ3) is 5.93. The van der Waals surface area contributed by atoms with Crippen molar-refractivity contribution in [2.45, 2.75) is 29.0 Å². The van der Waals surface area contributed by atoms with Crippen molar-refractivity contribution in [3.05, 3.63) is 96.0 Å². The van der Waals surface area contributed by atoms with Crippen molar-refractivity contribution in [1.29, 1.82) is 0 Å². The predicted molar refractivity (Wildman–Crippen MR) is 155 cm³/mol. The smallest absolute Gasteiger partial charge is 0.250 e. The molecule has 0 aliphatic carbocycles. The van der Waals surface area contributed by atoms with Gasteiger partial charge in [-0.2, -0.15) is 0 Å². The summed E-state index contributed by atoms with van der Waals surface area (Å²) in [6, 6.07) is 23.0. The molecule has 2 N–H and O–H groups in total. The van der Waals surface area contributed by atoms with Gasteiger partial charge in [-0.1, -0.05) is 35.5 Å². The summed E-state index contributed by atoms with van der Waals surface area (Å²) in [6.07, 6.45) is 1.76. The molecule has 2 atom stereocenters. The Kier molecular flexibility index (Phi) is 8.16. The van der Waals surface area contributed by atoms with Gasteiger partial charge >= 0.3 is 0 Å².